The van der Waals surface area contributed by atoms with E-state index in [-0.39, 0.29) is 12.0 Å². The van der Waals surface area contributed by atoms with Gasteiger partial charge in [0.15, 0.2) is 0 Å². The van der Waals surface area contributed by atoms with Crippen LogP contribution < -0.4 is 0 Å². The lowest BCUT2D eigenvalue weighted by Crippen LogP contribution is -2.63. The molecule has 0 amide bonds. The molecule has 3 N–H and O–H groups in total. The van der Waals surface area contributed by atoms with Gasteiger partial charge in [-0.15, -0.1) is 0 Å². The first-order valence-electron chi connectivity index (χ1n) is 5.98. The number of hydrogen-bond acceptors (Lipinski definition) is 3. The van der Waals surface area contributed by atoms with Gasteiger partial charge in [-0.25, -0.2) is 0 Å². The molecule has 0 aromatic rings. The number of aliphatic hydroxyl groups is 3. The van der Waals surface area contributed by atoms with E-state index in [0.717, 1.165) is 19.3 Å². The summed E-state index contributed by atoms with van der Waals surface area (Å²) in [5, 5.41) is 30.6. The molecular formula is C12H22O3. The molecule has 5 atom stereocenters. The van der Waals surface area contributed by atoms with Crippen molar-refractivity contribution in [2.75, 3.05) is 0 Å². The molecule has 2 aliphatic carbocycles. The summed E-state index contributed by atoms with van der Waals surface area (Å²) >= 11 is 0. The Morgan fingerprint density at radius 3 is 2.60 bits per heavy atom. The number of hydrogen-bond donors (Lipinski definition) is 3. The number of aliphatic hydroxyl groups excluding tert-OH is 2. The smallest absolute Gasteiger partial charge is 0.0753 e. The van der Waals surface area contributed by atoms with Crippen molar-refractivity contribution in [3.8, 4) is 0 Å². The minimum absolute atomic E-state index is 0.0706. The fourth-order valence-electron chi connectivity index (χ4n) is 3.76. The molecule has 2 rings (SSSR count). The lowest BCUT2D eigenvalue weighted by molar-refractivity contribution is -0.227. The molecule has 88 valence electrons. The number of rotatable bonds is 0. The van der Waals surface area contributed by atoms with Crippen molar-refractivity contribution in [2.24, 2.45) is 11.3 Å². The van der Waals surface area contributed by atoms with Crippen molar-refractivity contribution in [3.63, 3.8) is 0 Å². The standard InChI is InChI=1S/C12H22O3/c1-8-6-9(13)7-11(2)10(14)4-3-5-12(8,11)15/h8-10,13-15H,3-7H2,1-2H3. The molecule has 2 saturated carbocycles. The molecular weight excluding hydrogens is 192 g/mol. The maximum Gasteiger partial charge on any atom is 0.0753 e. The maximum atomic E-state index is 10.7. The van der Waals surface area contributed by atoms with Crippen LogP contribution in [0, 0.1) is 11.3 Å². The van der Waals surface area contributed by atoms with E-state index in [1.807, 2.05) is 13.8 Å². The Kier molecular flexibility index (Phi) is 2.61. The average Bonchev–Trinajstić information content (AvgIpc) is 2.12. The highest BCUT2D eigenvalue weighted by molar-refractivity contribution is 5.09. The first-order chi connectivity index (χ1) is 6.90. The highest BCUT2D eigenvalue weighted by Gasteiger charge is 2.59. The van der Waals surface area contributed by atoms with Crippen molar-refractivity contribution in [1.82, 2.24) is 0 Å². The van der Waals surface area contributed by atoms with E-state index in [1.165, 1.54) is 0 Å². The molecule has 3 nitrogen and oxygen atoms in total. The highest BCUT2D eigenvalue weighted by Crippen LogP contribution is 2.55. The molecule has 3 heteroatoms. The van der Waals surface area contributed by atoms with E-state index in [4.69, 9.17) is 0 Å². The molecule has 15 heavy (non-hydrogen) atoms. The highest BCUT2D eigenvalue weighted by atomic mass is 16.3. The molecule has 0 aromatic carbocycles. The summed E-state index contributed by atoms with van der Waals surface area (Å²) in [4.78, 5) is 0. The van der Waals surface area contributed by atoms with Gasteiger partial charge >= 0.3 is 0 Å². The molecule has 0 spiro atoms. The van der Waals surface area contributed by atoms with E-state index in [2.05, 4.69) is 0 Å². The van der Waals surface area contributed by atoms with Crippen molar-refractivity contribution < 1.29 is 15.3 Å². The van der Waals surface area contributed by atoms with Gasteiger partial charge in [0.25, 0.3) is 0 Å². The summed E-state index contributed by atoms with van der Waals surface area (Å²) in [6.07, 6.45) is 2.71. The molecule has 0 saturated heterocycles. The Hall–Kier alpha value is -0.120. The van der Waals surface area contributed by atoms with Crippen LogP contribution in [0.1, 0.15) is 46.0 Å². The van der Waals surface area contributed by atoms with Gasteiger partial charge in [-0.3, -0.25) is 0 Å². The number of fused-ring (bicyclic) bond motifs is 1. The fraction of sp³-hybridized carbons (Fsp3) is 1.00. The zero-order valence-corrected chi connectivity index (χ0v) is 9.61. The summed E-state index contributed by atoms with van der Waals surface area (Å²) in [5.74, 6) is 0.0706. The normalized spacial score (nSPS) is 56.2. The second kappa shape index (κ2) is 3.44. The van der Waals surface area contributed by atoms with Gasteiger partial charge in [-0.1, -0.05) is 13.8 Å². The molecule has 2 fully saturated rings. The lowest BCUT2D eigenvalue weighted by atomic mass is 9.52. The largest absolute Gasteiger partial charge is 0.393 e. The molecule has 0 aliphatic heterocycles. The third-order valence-electron chi connectivity index (χ3n) is 4.86. The maximum absolute atomic E-state index is 10.7. The van der Waals surface area contributed by atoms with Gasteiger partial charge in [-0.2, -0.15) is 0 Å². The van der Waals surface area contributed by atoms with Crippen LogP contribution in [0.5, 0.6) is 0 Å². The van der Waals surface area contributed by atoms with Crippen molar-refractivity contribution in [3.05, 3.63) is 0 Å². The summed E-state index contributed by atoms with van der Waals surface area (Å²) in [6, 6.07) is 0. The minimum atomic E-state index is -0.788. The second-order valence-electron chi connectivity index (χ2n) is 5.74. The zero-order chi connectivity index (χ0) is 11.3. The third-order valence-corrected chi connectivity index (χ3v) is 4.86. The first-order valence-corrected chi connectivity index (χ1v) is 5.98. The van der Waals surface area contributed by atoms with Crippen molar-refractivity contribution in [2.45, 2.75) is 63.8 Å². The van der Waals surface area contributed by atoms with Crippen LogP contribution in [0.4, 0.5) is 0 Å². The zero-order valence-electron chi connectivity index (χ0n) is 9.61. The van der Waals surface area contributed by atoms with Gasteiger partial charge in [0.05, 0.1) is 17.8 Å². The van der Waals surface area contributed by atoms with Crippen LogP contribution in [0.3, 0.4) is 0 Å². The molecule has 0 radical (unpaired) electrons. The summed E-state index contributed by atoms with van der Waals surface area (Å²) < 4.78 is 0. The second-order valence-corrected chi connectivity index (χ2v) is 5.74. The Bertz CT molecular complexity index is 255. The minimum Gasteiger partial charge on any atom is -0.393 e. The van der Waals surface area contributed by atoms with E-state index >= 15 is 0 Å². The van der Waals surface area contributed by atoms with Crippen LogP contribution in [0.25, 0.3) is 0 Å². The van der Waals surface area contributed by atoms with E-state index < -0.39 is 17.1 Å². The molecule has 0 aromatic heterocycles. The molecule has 0 bridgehead atoms. The monoisotopic (exact) mass is 214 g/mol. The Morgan fingerprint density at radius 2 is 1.93 bits per heavy atom. The quantitative estimate of drug-likeness (QED) is 0.565. The van der Waals surface area contributed by atoms with Crippen molar-refractivity contribution >= 4 is 0 Å². The van der Waals surface area contributed by atoms with E-state index in [9.17, 15) is 15.3 Å². The Morgan fingerprint density at radius 1 is 1.27 bits per heavy atom. The lowest BCUT2D eigenvalue weighted by Gasteiger charge is -2.58. The van der Waals surface area contributed by atoms with Gasteiger partial charge < -0.3 is 15.3 Å². The van der Waals surface area contributed by atoms with Gasteiger partial charge in [0.2, 0.25) is 0 Å². The summed E-state index contributed by atoms with van der Waals surface area (Å²) in [5.41, 5.74) is -1.31. The topological polar surface area (TPSA) is 60.7 Å². The Balaban J connectivity index is 2.35. The fourth-order valence-corrected chi connectivity index (χ4v) is 3.76. The Labute approximate surface area is 91.1 Å². The van der Waals surface area contributed by atoms with E-state index in [1.54, 1.807) is 0 Å². The molecule has 2 aliphatic rings. The van der Waals surface area contributed by atoms with Gasteiger partial charge in [-0.05, 0) is 38.0 Å². The molecule has 5 unspecified atom stereocenters. The van der Waals surface area contributed by atoms with Crippen LogP contribution in [-0.4, -0.2) is 33.1 Å². The predicted molar refractivity (Wildman–Crippen MR) is 57.3 cm³/mol. The molecule has 0 heterocycles. The van der Waals surface area contributed by atoms with Crippen LogP contribution in [0.15, 0.2) is 0 Å². The summed E-state index contributed by atoms with van der Waals surface area (Å²) in [7, 11) is 0. The van der Waals surface area contributed by atoms with Crippen LogP contribution in [0.2, 0.25) is 0 Å². The van der Waals surface area contributed by atoms with E-state index in [0.29, 0.717) is 12.8 Å². The average molecular weight is 214 g/mol. The van der Waals surface area contributed by atoms with Crippen LogP contribution >= 0.6 is 0 Å². The SMILES string of the molecule is CC1CC(O)CC2(C)C(O)CCCC12O. The first kappa shape index (κ1) is 11.4. The third kappa shape index (κ3) is 1.44. The summed E-state index contributed by atoms with van der Waals surface area (Å²) in [6.45, 7) is 3.91. The van der Waals surface area contributed by atoms with Crippen LogP contribution in [-0.2, 0) is 0 Å². The van der Waals surface area contributed by atoms with Gasteiger partial charge in [0, 0.05) is 5.41 Å². The van der Waals surface area contributed by atoms with Crippen molar-refractivity contribution in [1.29, 1.82) is 0 Å². The van der Waals surface area contributed by atoms with Gasteiger partial charge in [0.1, 0.15) is 0 Å². The predicted octanol–water partition coefficient (Wildman–Crippen LogP) is 1.06.